The van der Waals surface area contributed by atoms with Crippen LogP contribution < -0.4 is 15.4 Å². The molecule has 0 saturated carbocycles. The molecule has 7 nitrogen and oxygen atoms in total. The molecule has 1 amide bonds. The van der Waals surface area contributed by atoms with Gasteiger partial charge in [-0.1, -0.05) is 23.7 Å². The number of aryl methyl sites for hydroxylation is 1. The third kappa shape index (κ3) is 5.81. The molecule has 0 saturated heterocycles. The molecule has 10 heteroatoms. The highest BCUT2D eigenvalue weighted by Crippen LogP contribution is 2.25. The smallest absolute Gasteiger partial charge is 0.387 e. The Morgan fingerprint density at radius 2 is 1.91 bits per heavy atom. The number of aromatic nitrogens is 3. The van der Waals surface area contributed by atoms with Crippen molar-refractivity contribution < 1.29 is 18.3 Å². The first-order valence-corrected chi connectivity index (χ1v) is 10.4. The fraction of sp³-hybridized carbons (Fsp3) is 0.0833. The van der Waals surface area contributed by atoms with Gasteiger partial charge in [-0.25, -0.2) is 15.0 Å². The van der Waals surface area contributed by atoms with Gasteiger partial charge in [-0.15, -0.1) is 0 Å². The van der Waals surface area contributed by atoms with Gasteiger partial charge in [0.1, 0.15) is 10.9 Å². The van der Waals surface area contributed by atoms with E-state index in [1.165, 1.54) is 24.3 Å². The first-order chi connectivity index (χ1) is 16.4. The lowest BCUT2D eigenvalue weighted by atomic mass is 10.1. The number of amides is 1. The van der Waals surface area contributed by atoms with Crippen molar-refractivity contribution in [2.75, 3.05) is 10.6 Å². The number of pyridine rings is 1. The van der Waals surface area contributed by atoms with Gasteiger partial charge in [-0.05, 0) is 61.0 Å². The molecule has 0 bridgehead atoms. The van der Waals surface area contributed by atoms with Gasteiger partial charge in [0.2, 0.25) is 5.95 Å². The zero-order valence-corrected chi connectivity index (χ0v) is 18.6. The Hall–Kier alpha value is -4.11. The van der Waals surface area contributed by atoms with Gasteiger partial charge in [-0.3, -0.25) is 4.79 Å². The molecule has 0 aliphatic rings. The van der Waals surface area contributed by atoms with Crippen LogP contribution in [0.3, 0.4) is 0 Å². The van der Waals surface area contributed by atoms with Crippen molar-refractivity contribution in [1.82, 2.24) is 15.0 Å². The largest absolute Gasteiger partial charge is 0.435 e. The van der Waals surface area contributed by atoms with Gasteiger partial charge in [0.05, 0.1) is 5.69 Å². The SMILES string of the molecule is Cc1ccc(NC(=O)c2cccc(OC(F)F)c2)cc1Nc1nccc(-c2ccc(Cl)nc2)n1. The van der Waals surface area contributed by atoms with E-state index in [0.29, 0.717) is 28.2 Å². The number of carbonyl (C=O) groups excluding carboxylic acids is 1. The number of alkyl halides is 2. The molecule has 0 unspecified atom stereocenters. The lowest BCUT2D eigenvalue weighted by molar-refractivity contribution is -0.0498. The number of nitrogens with zero attached hydrogens (tertiary/aromatic N) is 3. The number of hydrogen-bond acceptors (Lipinski definition) is 6. The van der Waals surface area contributed by atoms with Crippen LogP contribution in [0.15, 0.2) is 73.1 Å². The van der Waals surface area contributed by atoms with Crippen LogP contribution >= 0.6 is 11.6 Å². The average molecular weight is 482 g/mol. The Kier molecular flexibility index (Phi) is 6.93. The van der Waals surface area contributed by atoms with Crippen LogP contribution in [-0.4, -0.2) is 27.5 Å². The van der Waals surface area contributed by atoms with E-state index in [2.05, 4.69) is 30.3 Å². The Balaban J connectivity index is 1.51. The number of rotatable bonds is 7. The fourth-order valence-electron chi connectivity index (χ4n) is 3.08. The summed E-state index contributed by atoms with van der Waals surface area (Å²) in [6.07, 6.45) is 3.24. The van der Waals surface area contributed by atoms with Crippen LogP contribution in [0.5, 0.6) is 5.75 Å². The Morgan fingerprint density at radius 3 is 2.68 bits per heavy atom. The minimum absolute atomic E-state index is 0.0955. The molecular weight excluding hydrogens is 464 g/mol. The third-order valence-electron chi connectivity index (χ3n) is 4.74. The maximum Gasteiger partial charge on any atom is 0.387 e. The molecule has 2 aromatic carbocycles. The number of carbonyl (C=O) groups is 1. The lowest BCUT2D eigenvalue weighted by Crippen LogP contribution is -2.12. The van der Waals surface area contributed by atoms with Crippen LogP contribution in [-0.2, 0) is 0 Å². The highest BCUT2D eigenvalue weighted by atomic mass is 35.5. The van der Waals surface area contributed by atoms with E-state index in [1.54, 1.807) is 36.7 Å². The van der Waals surface area contributed by atoms with Crippen molar-refractivity contribution in [2.24, 2.45) is 0 Å². The fourth-order valence-corrected chi connectivity index (χ4v) is 3.19. The molecule has 2 N–H and O–H groups in total. The molecule has 2 heterocycles. The quantitative estimate of drug-likeness (QED) is 0.310. The van der Waals surface area contributed by atoms with Gasteiger partial charge in [0, 0.05) is 34.9 Å². The molecule has 0 fully saturated rings. The monoisotopic (exact) mass is 481 g/mol. The number of ether oxygens (including phenoxy) is 1. The van der Waals surface area contributed by atoms with E-state index < -0.39 is 12.5 Å². The van der Waals surface area contributed by atoms with Gasteiger partial charge >= 0.3 is 6.61 Å². The molecule has 34 heavy (non-hydrogen) atoms. The summed E-state index contributed by atoms with van der Waals surface area (Å²) >= 11 is 5.85. The van der Waals surface area contributed by atoms with E-state index in [4.69, 9.17) is 11.6 Å². The number of halogens is 3. The second kappa shape index (κ2) is 10.2. The predicted molar refractivity (Wildman–Crippen MR) is 126 cm³/mol. The minimum atomic E-state index is -2.97. The molecule has 4 rings (SSSR count). The lowest BCUT2D eigenvalue weighted by Gasteiger charge is -2.12. The summed E-state index contributed by atoms with van der Waals surface area (Å²) < 4.78 is 29.3. The first kappa shape index (κ1) is 23.1. The van der Waals surface area contributed by atoms with Gasteiger partial charge in [0.25, 0.3) is 5.91 Å². The van der Waals surface area contributed by atoms with E-state index >= 15 is 0 Å². The molecule has 172 valence electrons. The second-order valence-corrected chi connectivity index (χ2v) is 7.54. The van der Waals surface area contributed by atoms with Crippen molar-refractivity contribution in [3.05, 3.63) is 89.3 Å². The molecule has 0 spiro atoms. The summed E-state index contributed by atoms with van der Waals surface area (Å²) in [7, 11) is 0. The molecular formula is C24H18ClF2N5O2. The molecule has 2 aromatic heterocycles. The molecule has 0 radical (unpaired) electrons. The summed E-state index contributed by atoms with van der Waals surface area (Å²) in [5.74, 6) is -0.208. The molecule has 0 atom stereocenters. The zero-order valence-electron chi connectivity index (χ0n) is 17.8. The number of hydrogen-bond donors (Lipinski definition) is 2. The first-order valence-electron chi connectivity index (χ1n) is 10.1. The summed E-state index contributed by atoms with van der Waals surface area (Å²) in [5.41, 5.74) is 3.70. The zero-order chi connectivity index (χ0) is 24.1. The normalized spacial score (nSPS) is 10.7. The average Bonchev–Trinajstić information content (AvgIpc) is 2.81. The van der Waals surface area contributed by atoms with Crippen LogP contribution in [0, 0.1) is 6.92 Å². The Bertz CT molecular complexity index is 1320. The van der Waals surface area contributed by atoms with Gasteiger partial charge < -0.3 is 15.4 Å². The standard InChI is InChI=1S/C24H18ClF2N5O2/c1-14-5-7-17(30-22(33)15-3-2-4-18(11-15)34-23(26)27)12-20(14)32-24-28-10-9-19(31-24)16-6-8-21(25)29-13-16/h2-13,23H,1H3,(H,30,33)(H,28,31,32). The van der Waals surface area contributed by atoms with E-state index in [9.17, 15) is 13.6 Å². The van der Waals surface area contributed by atoms with Crippen LogP contribution in [0.4, 0.5) is 26.1 Å². The highest BCUT2D eigenvalue weighted by Gasteiger charge is 2.12. The van der Waals surface area contributed by atoms with E-state index in [-0.39, 0.29) is 11.3 Å². The van der Waals surface area contributed by atoms with Crippen molar-refractivity contribution >= 4 is 34.8 Å². The summed E-state index contributed by atoms with van der Waals surface area (Å²) in [4.78, 5) is 25.5. The van der Waals surface area contributed by atoms with Crippen molar-refractivity contribution in [3.63, 3.8) is 0 Å². The third-order valence-corrected chi connectivity index (χ3v) is 4.97. The second-order valence-electron chi connectivity index (χ2n) is 7.15. The number of nitrogens with one attached hydrogen (secondary N) is 2. The van der Waals surface area contributed by atoms with E-state index in [1.807, 2.05) is 19.1 Å². The minimum Gasteiger partial charge on any atom is -0.435 e. The van der Waals surface area contributed by atoms with Crippen LogP contribution in [0.1, 0.15) is 15.9 Å². The van der Waals surface area contributed by atoms with E-state index in [0.717, 1.165) is 11.1 Å². The Morgan fingerprint density at radius 1 is 1.06 bits per heavy atom. The topological polar surface area (TPSA) is 89.0 Å². The number of benzene rings is 2. The van der Waals surface area contributed by atoms with Gasteiger partial charge in [-0.2, -0.15) is 8.78 Å². The maximum absolute atomic E-state index is 12.6. The number of anilines is 3. The highest BCUT2D eigenvalue weighted by molar-refractivity contribution is 6.29. The van der Waals surface area contributed by atoms with Gasteiger partial charge in [0.15, 0.2) is 0 Å². The van der Waals surface area contributed by atoms with Crippen molar-refractivity contribution in [2.45, 2.75) is 13.5 Å². The predicted octanol–water partition coefficient (Wildman–Crippen LogP) is 6.10. The molecule has 0 aliphatic heterocycles. The molecule has 4 aromatic rings. The molecule has 0 aliphatic carbocycles. The van der Waals surface area contributed by atoms with Crippen LogP contribution in [0.25, 0.3) is 11.3 Å². The summed E-state index contributed by atoms with van der Waals surface area (Å²) in [6.45, 7) is -1.08. The van der Waals surface area contributed by atoms with Crippen molar-refractivity contribution in [3.8, 4) is 17.0 Å². The summed E-state index contributed by atoms with van der Waals surface area (Å²) in [6, 6.07) is 16.1. The summed E-state index contributed by atoms with van der Waals surface area (Å²) in [5, 5.41) is 6.29. The maximum atomic E-state index is 12.6. The van der Waals surface area contributed by atoms with Crippen molar-refractivity contribution in [1.29, 1.82) is 0 Å². The van der Waals surface area contributed by atoms with Crippen LogP contribution in [0.2, 0.25) is 5.15 Å². The Labute approximate surface area is 198 Å².